The van der Waals surface area contributed by atoms with Crippen LogP contribution in [0.3, 0.4) is 0 Å². The number of amides is 2. The number of ketones is 1. The SMILES string of the molecule is CC(C)C1=C2[C@H]3CC[C@@H]4[C@@]5(C)CC[C@H](OC(=O)[C@H]6C[C@@H](C(=O)O)C6(C)C)C(C)(C)[C@@H]5CC[C@@]4(C)[C@]3(C)CC[C@@]2(NC(=O)C(C)(C)NC(=O)c2ccc(Cl)cc2O[C@H]2CCOC2)CC1=O. The molecule has 0 bridgehead atoms. The molecule has 1 aliphatic heterocycles. The van der Waals surface area contributed by atoms with Crippen molar-refractivity contribution in [2.24, 2.45) is 62.6 Å². The lowest BCUT2D eigenvalue weighted by Crippen LogP contribution is -2.68. The minimum atomic E-state index is -1.33. The van der Waals surface area contributed by atoms with Crippen molar-refractivity contribution in [3.8, 4) is 5.75 Å². The molecule has 6 aliphatic carbocycles. The number of carbonyl (C=O) groups is 5. The van der Waals surface area contributed by atoms with Crippen LogP contribution in [0.25, 0.3) is 0 Å². The molecule has 352 valence electrons. The fourth-order valence-electron chi connectivity index (χ4n) is 15.3. The first-order valence-corrected chi connectivity index (χ1v) is 24.5. The van der Waals surface area contributed by atoms with E-state index < -0.39 is 40.2 Å². The zero-order valence-corrected chi connectivity index (χ0v) is 40.9. The van der Waals surface area contributed by atoms with Crippen molar-refractivity contribution in [1.29, 1.82) is 0 Å². The van der Waals surface area contributed by atoms with Crippen LogP contribution >= 0.6 is 11.6 Å². The summed E-state index contributed by atoms with van der Waals surface area (Å²) in [6, 6.07) is 4.87. The maximum atomic E-state index is 14.7. The highest BCUT2D eigenvalue weighted by atomic mass is 35.5. The van der Waals surface area contributed by atoms with Gasteiger partial charge in [0.1, 0.15) is 23.5 Å². The Labute approximate surface area is 385 Å². The molecule has 6 fully saturated rings. The van der Waals surface area contributed by atoms with E-state index in [-0.39, 0.29) is 75.3 Å². The van der Waals surface area contributed by atoms with Crippen molar-refractivity contribution in [1.82, 2.24) is 10.6 Å². The third-order valence-corrected chi connectivity index (χ3v) is 19.4. The molecule has 11 atom stereocenters. The van der Waals surface area contributed by atoms with E-state index in [1.54, 1.807) is 32.0 Å². The lowest BCUT2D eigenvalue weighted by molar-refractivity contribution is -0.235. The summed E-state index contributed by atoms with van der Waals surface area (Å²) in [7, 11) is 0. The quantitative estimate of drug-likeness (QED) is 0.195. The Balaban J connectivity index is 1.02. The highest BCUT2D eigenvalue weighted by Crippen LogP contribution is 2.76. The van der Waals surface area contributed by atoms with Gasteiger partial charge in [-0.15, -0.1) is 0 Å². The van der Waals surface area contributed by atoms with Crippen LogP contribution in [0.1, 0.15) is 157 Å². The topological polar surface area (TPSA) is 157 Å². The molecule has 1 saturated heterocycles. The molecule has 7 aliphatic rings. The first kappa shape index (κ1) is 47.1. The molecule has 5 saturated carbocycles. The maximum Gasteiger partial charge on any atom is 0.309 e. The van der Waals surface area contributed by atoms with Gasteiger partial charge >= 0.3 is 11.9 Å². The van der Waals surface area contributed by atoms with Crippen LogP contribution in [0.4, 0.5) is 0 Å². The Hall–Kier alpha value is -3.44. The summed E-state index contributed by atoms with van der Waals surface area (Å²) in [6.45, 7) is 24.4. The average molecular weight is 906 g/mol. The number of hydrogen-bond acceptors (Lipinski definition) is 8. The van der Waals surface area contributed by atoms with E-state index in [4.69, 9.17) is 25.8 Å². The number of hydrogen-bond donors (Lipinski definition) is 3. The molecule has 11 nitrogen and oxygen atoms in total. The van der Waals surface area contributed by atoms with Crippen molar-refractivity contribution < 1.29 is 43.3 Å². The highest BCUT2D eigenvalue weighted by molar-refractivity contribution is 6.30. The molecule has 1 aromatic rings. The smallest absolute Gasteiger partial charge is 0.309 e. The number of fused-ring (bicyclic) bond motifs is 7. The molecule has 1 heterocycles. The van der Waals surface area contributed by atoms with Gasteiger partial charge in [0.2, 0.25) is 5.91 Å². The van der Waals surface area contributed by atoms with Gasteiger partial charge < -0.3 is 30.0 Å². The molecule has 1 aromatic carbocycles. The predicted molar refractivity (Wildman–Crippen MR) is 244 cm³/mol. The molecule has 0 unspecified atom stereocenters. The van der Waals surface area contributed by atoms with Crippen molar-refractivity contribution >= 4 is 41.1 Å². The second-order valence-electron chi connectivity index (χ2n) is 23.8. The van der Waals surface area contributed by atoms with Crippen LogP contribution in [0, 0.1) is 62.6 Å². The fourth-order valence-corrected chi connectivity index (χ4v) is 15.4. The minimum absolute atomic E-state index is 0.00311. The van der Waals surface area contributed by atoms with Crippen LogP contribution in [-0.4, -0.2) is 71.1 Å². The van der Waals surface area contributed by atoms with Crippen molar-refractivity contribution in [2.45, 2.75) is 170 Å². The molecular weight excluding hydrogens is 832 g/mol. The second-order valence-corrected chi connectivity index (χ2v) is 24.3. The Morgan fingerprint density at radius 2 is 1.59 bits per heavy atom. The fraction of sp³-hybridized carbons (Fsp3) is 0.750. The normalized spacial score (nSPS) is 38.5. The third-order valence-electron chi connectivity index (χ3n) is 19.2. The molecule has 0 aromatic heterocycles. The van der Waals surface area contributed by atoms with Crippen LogP contribution in [0.2, 0.25) is 5.02 Å². The number of esters is 1. The van der Waals surface area contributed by atoms with E-state index in [2.05, 4.69) is 59.1 Å². The Morgan fingerprint density at radius 1 is 0.875 bits per heavy atom. The van der Waals surface area contributed by atoms with Gasteiger partial charge in [-0.05, 0) is 146 Å². The number of carbonyl (C=O) groups excluding carboxylic acids is 4. The molecule has 0 radical (unpaired) electrons. The monoisotopic (exact) mass is 905 g/mol. The largest absolute Gasteiger partial charge is 0.487 e. The lowest BCUT2D eigenvalue weighted by atomic mass is 9.33. The number of benzene rings is 1. The van der Waals surface area contributed by atoms with Crippen LogP contribution in [-0.2, 0) is 28.7 Å². The summed E-state index contributed by atoms with van der Waals surface area (Å²) >= 11 is 6.33. The first-order valence-electron chi connectivity index (χ1n) is 24.1. The number of allylic oxidation sites excluding steroid dienone is 1. The predicted octanol–water partition coefficient (Wildman–Crippen LogP) is 9.52. The van der Waals surface area contributed by atoms with Gasteiger partial charge in [-0.1, -0.05) is 73.9 Å². The van der Waals surface area contributed by atoms with E-state index in [1.807, 2.05) is 13.8 Å². The highest BCUT2D eigenvalue weighted by Gasteiger charge is 2.71. The number of ether oxygens (including phenoxy) is 3. The molecule has 2 amide bonds. The van der Waals surface area contributed by atoms with Gasteiger partial charge in [-0.25, -0.2) is 0 Å². The summed E-state index contributed by atoms with van der Waals surface area (Å²) in [4.78, 5) is 68.5. The van der Waals surface area contributed by atoms with Gasteiger partial charge in [0, 0.05) is 23.3 Å². The number of Topliss-reactive ketones (excluding diaryl/α,β-unsaturated/α-hetero) is 1. The first-order chi connectivity index (χ1) is 29.7. The van der Waals surface area contributed by atoms with Gasteiger partial charge in [-0.2, -0.15) is 0 Å². The molecule has 64 heavy (non-hydrogen) atoms. The third kappa shape index (κ3) is 7.16. The summed E-state index contributed by atoms with van der Waals surface area (Å²) in [5.74, 6) is -1.57. The number of halogens is 1. The zero-order valence-electron chi connectivity index (χ0n) is 40.1. The second kappa shape index (κ2) is 15.8. The Bertz CT molecular complexity index is 2160. The lowest BCUT2D eigenvalue weighted by Gasteiger charge is -2.72. The maximum absolute atomic E-state index is 14.7. The number of aliphatic carboxylic acids is 1. The Kier molecular flexibility index (Phi) is 11.6. The number of nitrogens with one attached hydrogen (secondary N) is 2. The van der Waals surface area contributed by atoms with Crippen molar-refractivity contribution in [3.05, 3.63) is 39.9 Å². The number of carboxylic acids is 1. The summed E-state index contributed by atoms with van der Waals surface area (Å²) in [5, 5.41) is 16.6. The standard InChI is InChI=1S/C52H73ClN2O9/c1-28(2)40-35(56)26-52(55-45(61)48(7,8)54-42(57)31-13-12-29(53)24-36(31)63-30-18-23-62-27-30)22-21-50(10)32(41(40)52)14-15-38-49(9)19-17-39(47(5,6)37(49)16-20-51(38,50)11)64-44(60)34-25-33(43(58)59)46(34,3)4/h12-13,24,28,30,32-34,37-39H,14-23,25-27H2,1-11H3,(H,54,57)(H,55,61)(H,58,59)/t30-,32+,33-,34+,37-,38+,39-,49-,50+,51+,52+/m0/s1. The van der Waals surface area contributed by atoms with Gasteiger partial charge in [0.25, 0.3) is 5.91 Å². The molecule has 0 spiro atoms. The average Bonchev–Trinajstić information content (AvgIpc) is 3.80. The zero-order chi connectivity index (χ0) is 46.7. The summed E-state index contributed by atoms with van der Waals surface area (Å²) in [5.41, 5.74) is -0.995. The van der Waals surface area contributed by atoms with E-state index in [0.29, 0.717) is 55.1 Å². The van der Waals surface area contributed by atoms with Gasteiger partial charge in [-0.3, -0.25) is 24.0 Å². The number of carboxylic acid groups (broad SMARTS) is 1. The summed E-state index contributed by atoms with van der Waals surface area (Å²) in [6.07, 6.45) is 7.97. The molecule has 12 heteroatoms. The molecular formula is C52H73ClN2O9. The van der Waals surface area contributed by atoms with Crippen LogP contribution < -0.4 is 15.4 Å². The van der Waals surface area contributed by atoms with E-state index in [9.17, 15) is 29.1 Å². The van der Waals surface area contributed by atoms with E-state index in [0.717, 1.165) is 56.1 Å². The van der Waals surface area contributed by atoms with Crippen molar-refractivity contribution in [3.63, 3.8) is 0 Å². The van der Waals surface area contributed by atoms with E-state index >= 15 is 0 Å². The van der Waals surface area contributed by atoms with E-state index in [1.165, 1.54) is 0 Å². The minimum Gasteiger partial charge on any atom is -0.487 e. The summed E-state index contributed by atoms with van der Waals surface area (Å²) < 4.78 is 18.1. The van der Waals surface area contributed by atoms with Gasteiger partial charge in [0.15, 0.2) is 5.78 Å². The van der Waals surface area contributed by atoms with Crippen molar-refractivity contribution in [2.75, 3.05) is 13.2 Å². The Morgan fingerprint density at radius 3 is 2.23 bits per heavy atom. The number of rotatable bonds is 10. The molecule has 3 N–H and O–H groups in total. The van der Waals surface area contributed by atoms with Gasteiger partial charge in [0.05, 0.1) is 36.2 Å². The van der Waals surface area contributed by atoms with Crippen LogP contribution in [0.15, 0.2) is 29.3 Å². The van der Waals surface area contributed by atoms with Crippen LogP contribution in [0.5, 0.6) is 5.75 Å². The molecule has 8 rings (SSSR count).